The molecule has 7 heteroatoms. The minimum atomic E-state index is 0.516. The van der Waals surface area contributed by atoms with Crippen LogP contribution in [0.25, 0.3) is 10.7 Å². The van der Waals surface area contributed by atoms with E-state index in [0.29, 0.717) is 17.3 Å². The lowest BCUT2D eigenvalue weighted by Crippen LogP contribution is -1.99. The van der Waals surface area contributed by atoms with E-state index in [9.17, 15) is 0 Å². The molecule has 0 radical (unpaired) electrons. The van der Waals surface area contributed by atoms with Gasteiger partial charge in [0.15, 0.2) is 10.6 Å². The van der Waals surface area contributed by atoms with Crippen LogP contribution < -0.4 is 0 Å². The molecule has 2 aromatic heterocycles. The summed E-state index contributed by atoms with van der Waals surface area (Å²) in [6.07, 6.45) is 2.50. The number of methoxy groups -OCH3 is 1. The molecule has 1 saturated carbocycles. The first-order valence-electron chi connectivity index (χ1n) is 6.38. The van der Waals surface area contributed by atoms with Crippen LogP contribution in [0.4, 0.5) is 0 Å². The molecule has 102 valence electrons. The molecule has 5 nitrogen and oxygen atoms in total. The fourth-order valence-electron chi connectivity index (χ4n) is 2.07. The van der Waals surface area contributed by atoms with Gasteiger partial charge in [-0.1, -0.05) is 0 Å². The van der Waals surface area contributed by atoms with Crippen LogP contribution in [0.3, 0.4) is 0 Å². The van der Waals surface area contributed by atoms with Crippen molar-refractivity contribution in [1.29, 1.82) is 0 Å². The fourth-order valence-corrected chi connectivity index (χ4v) is 3.57. The summed E-state index contributed by atoms with van der Waals surface area (Å²) in [4.78, 5) is 5.80. The average molecular weight is 296 g/mol. The zero-order chi connectivity index (χ0) is 13.4. The van der Waals surface area contributed by atoms with Gasteiger partial charge < -0.3 is 4.74 Å². The Bertz CT molecular complexity index is 638. The van der Waals surface area contributed by atoms with E-state index in [1.54, 1.807) is 18.4 Å². The predicted molar refractivity (Wildman–Crippen MR) is 76.9 cm³/mol. The Morgan fingerprint density at radius 2 is 2.32 bits per heavy atom. The minimum absolute atomic E-state index is 0.516. The van der Waals surface area contributed by atoms with E-state index in [0.717, 1.165) is 22.9 Å². The van der Waals surface area contributed by atoms with Gasteiger partial charge in [0.25, 0.3) is 0 Å². The van der Waals surface area contributed by atoms with Crippen molar-refractivity contribution in [1.82, 2.24) is 19.7 Å². The quantitative estimate of drug-likeness (QED) is 0.861. The van der Waals surface area contributed by atoms with Crippen LogP contribution in [0.15, 0.2) is 0 Å². The smallest absolute Gasteiger partial charge is 0.195 e. The molecule has 1 fully saturated rings. The molecule has 2 heterocycles. The molecule has 1 aliphatic carbocycles. The van der Waals surface area contributed by atoms with Crippen molar-refractivity contribution in [2.75, 3.05) is 7.11 Å². The zero-order valence-corrected chi connectivity index (χ0v) is 12.6. The van der Waals surface area contributed by atoms with Gasteiger partial charge in [0.05, 0.1) is 22.2 Å². The van der Waals surface area contributed by atoms with E-state index in [2.05, 4.69) is 17.1 Å². The number of ether oxygens (including phenoxy) is 1. The summed E-state index contributed by atoms with van der Waals surface area (Å²) >= 11 is 6.97. The van der Waals surface area contributed by atoms with E-state index in [4.69, 9.17) is 21.9 Å². The fraction of sp³-hybridized carbons (Fsp3) is 0.583. The standard InChI is InChI=1S/C12H16N4OS2/c1-3-16-10(14-15-12(16)18)9-8(6-17-2)13-11(19-9)7-4-5-7/h7H,3-6H2,1-2H3,(H,15,18). The molecule has 0 bridgehead atoms. The van der Waals surface area contributed by atoms with Crippen LogP contribution in [-0.2, 0) is 17.9 Å². The van der Waals surface area contributed by atoms with Crippen LogP contribution >= 0.6 is 23.6 Å². The number of rotatable bonds is 5. The lowest BCUT2D eigenvalue weighted by molar-refractivity contribution is 0.182. The maximum atomic E-state index is 5.25. The summed E-state index contributed by atoms with van der Waals surface area (Å²) in [5.74, 6) is 1.52. The van der Waals surface area contributed by atoms with Gasteiger partial charge in [-0.2, -0.15) is 5.10 Å². The average Bonchev–Trinajstić information content (AvgIpc) is 3.07. The van der Waals surface area contributed by atoms with Crippen LogP contribution in [0.5, 0.6) is 0 Å². The molecule has 0 saturated heterocycles. The molecule has 0 unspecified atom stereocenters. The molecule has 0 spiro atoms. The Labute approximate surface area is 120 Å². The van der Waals surface area contributed by atoms with Gasteiger partial charge >= 0.3 is 0 Å². The largest absolute Gasteiger partial charge is 0.378 e. The minimum Gasteiger partial charge on any atom is -0.378 e. The first kappa shape index (κ1) is 13.0. The summed E-state index contributed by atoms with van der Waals surface area (Å²) in [6, 6.07) is 0. The van der Waals surface area contributed by atoms with Crippen LogP contribution in [0, 0.1) is 4.77 Å². The molecule has 1 aliphatic rings. The molecule has 0 aliphatic heterocycles. The Balaban J connectivity index is 2.08. The van der Waals surface area contributed by atoms with Crippen LogP contribution in [0.1, 0.15) is 36.4 Å². The van der Waals surface area contributed by atoms with E-state index in [1.807, 2.05) is 4.57 Å². The predicted octanol–water partition coefficient (Wildman–Crippen LogP) is 3.11. The van der Waals surface area contributed by atoms with Crippen molar-refractivity contribution in [2.24, 2.45) is 0 Å². The van der Waals surface area contributed by atoms with Crippen molar-refractivity contribution < 1.29 is 4.74 Å². The Kier molecular flexibility index (Phi) is 3.51. The number of nitrogens with one attached hydrogen (secondary N) is 1. The zero-order valence-electron chi connectivity index (χ0n) is 11.0. The molecular weight excluding hydrogens is 280 g/mol. The summed E-state index contributed by atoms with van der Waals surface area (Å²) in [7, 11) is 1.69. The highest BCUT2D eigenvalue weighted by atomic mass is 32.1. The molecule has 0 aromatic carbocycles. The molecule has 0 atom stereocenters. The molecule has 3 rings (SSSR count). The normalized spacial score (nSPS) is 15.1. The maximum Gasteiger partial charge on any atom is 0.195 e. The molecule has 19 heavy (non-hydrogen) atoms. The van der Waals surface area contributed by atoms with Gasteiger partial charge in [0, 0.05) is 19.6 Å². The number of thiazole rings is 1. The Morgan fingerprint density at radius 3 is 2.95 bits per heavy atom. The van der Waals surface area contributed by atoms with Gasteiger partial charge in [0.2, 0.25) is 0 Å². The van der Waals surface area contributed by atoms with Gasteiger partial charge in [-0.3, -0.25) is 9.67 Å². The van der Waals surface area contributed by atoms with Crippen molar-refractivity contribution in [3.8, 4) is 10.7 Å². The number of aromatic amines is 1. The summed E-state index contributed by atoms with van der Waals surface area (Å²) < 4.78 is 7.91. The first-order valence-corrected chi connectivity index (χ1v) is 7.61. The topological polar surface area (TPSA) is 55.7 Å². The monoisotopic (exact) mass is 296 g/mol. The van der Waals surface area contributed by atoms with Gasteiger partial charge in [-0.25, -0.2) is 4.98 Å². The van der Waals surface area contributed by atoms with Crippen molar-refractivity contribution >= 4 is 23.6 Å². The second-order valence-electron chi connectivity index (χ2n) is 4.63. The summed E-state index contributed by atoms with van der Waals surface area (Å²) in [5, 5.41) is 8.42. The lowest BCUT2D eigenvalue weighted by Gasteiger charge is -2.02. The van der Waals surface area contributed by atoms with Crippen molar-refractivity contribution in [3.05, 3.63) is 15.5 Å². The van der Waals surface area contributed by atoms with Crippen molar-refractivity contribution in [3.63, 3.8) is 0 Å². The maximum absolute atomic E-state index is 5.25. The van der Waals surface area contributed by atoms with E-state index in [1.165, 1.54) is 17.8 Å². The number of hydrogen-bond acceptors (Lipinski definition) is 5. The van der Waals surface area contributed by atoms with E-state index in [-0.39, 0.29) is 0 Å². The highest BCUT2D eigenvalue weighted by Gasteiger charge is 2.29. The second-order valence-corrected chi connectivity index (χ2v) is 6.05. The third-order valence-electron chi connectivity index (χ3n) is 3.20. The number of aromatic nitrogens is 4. The molecule has 2 aromatic rings. The lowest BCUT2D eigenvalue weighted by atomic mass is 10.3. The van der Waals surface area contributed by atoms with Gasteiger partial charge in [-0.05, 0) is 32.0 Å². The molecular formula is C12H16N4OS2. The van der Waals surface area contributed by atoms with Gasteiger partial charge in [-0.15, -0.1) is 11.3 Å². The number of H-pyrrole nitrogens is 1. The van der Waals surface area contributed by atoms with E-state index >= 15 is 0 Å². The molecule has 0 amide bonds. The first-order chi connectivity index (χ1) is 9.24. The molecule has 1 N–H and O–H groups in total. The van der Waals surface area contributed by atoms with E-state index < -0.39 is 0 Å². The third-order valence-corrected chi connectivity index (χ3v) is 4.77. The van der Waals surface area contributed by atoms with Crippen LogP contribution in [0.2, 0.25) is 0 Å². The highest BCUT2D eigenvalue weighted by molar-refractivity contribution is 7.71. The summed E-state index contributed by atoms with van der Waals surface area (Å²) in [6.45, 7) is 3.38. The second kappa shape index (κ2) is 5.15. The third kappa shape index (κ3) is 2.37. The Hall–Kier alpha value is -1.05. The Morgan fingerprint density at radius 1 is 1.53 bits per heavy atom. The SMILES string of the molecule is CCn1c(-c2sc(C3CC3)nc2COC)n[nH]c1=S. The van der Waals surface area contributed by atoms with Gasteiger partial charge in [0.1, 0.15) is 0 Å². The number of hydrogen-bond donors (Lipinski definition) is 1. The summed E-state index contributed by atoms with van der Waals surface area (Å²) in [5.41, 5.74) is 0.970. The number of nitrogens with zero attached hydrogens (tertiary/aromatic N) is 3. The van der Waals surface area contributed by atoms with Crippen LogP contribution in [-0.4, -0.2) is 26.9 Å². The highest BCUT2D eigenvalue weighted by Crippen LogP contribution is 2.44. The van der Waals surface area contributed by atoms with Crippen molar-refractivity contribution in [2.45, 2.75) is 38.8 Å².